The molecule has 1 aromatic carbocycles. The van der Waals surface area contributed by atoms with E-state index in [1.165, 1.54) is 0 Å². The van der Waals surface area contributed by atoms with Crippen molar-refractivity contribution >= 4 is 40.6 Å². The zero-order valence-electron chi connectivity index (χ0n) is 11.9. The molecular weight excluding hydrogens is 308 g/mol. The van der Waals surface area contributed by atoms with Crippen LogP contribution in [-0.4, -0.2) is 30.1 Å². The minimum atomic E-state index is -0.00533. The maximum Gasteiger partial charge on any atom is 0.224 e. The van der Waals surface area contributed by atoms with E-state index in [4.69, 9.17) is 22.1 Å². The van der Waals surface area contributed by atoms with Gasteiger partial charge in [-0.3, -0.25) is 4.79 Å². The molecule has 3 N–H and O–H groups in total. The van der Waals surface area contributed by atoms with Gasteiger partial charge < -0.3 is 15.8 Å². The molecule has 0 aromatic heterocycles. The molecule has 1 aromatic rings. The number of nitrogens with one attached hydrogen (secondary N) is 1. The summed E-state index contributed by atoms with van der Waals surface area (Å²) in [7, 11) is 0. The van der Waals surface area contributed by atoms with E-state index in [0.29, 0.717) is 28.1 Å². The van der Waals surface area contributed by atoms with Gasteiger partial charge in [-0.25, -0.2) is 0 Å². The van der Waals surface area contributed by atoms with Crippen molar-refractivity contribution in [3.8, 4) is 0 Å². The predicted octanol–water partition coefficient (Wildman–Crippen LogP) is 3.55. The van der Waals surface area contributed by atoms with Gasteiger partial charge in [-0.05, 0) is 43.2 Å². The largest absolute Gasteiger partial charge is 0.399 e. The average molecular weight is 329 g/mol. The molecule has 0 bridgehead atoms. The molecule has 0 unspecified atom stereocenters. The highest BCUT2D eigenvalue weighted by atomic mass is 35.5. The van der Waals surface area contributed by atoms with E-state index in [1.54, 1.807) is 18.2 Å². The lowest BCUT2D eigenvalue weighted by atomic mass is 10.2. The number of amides is 1. The summed E-state index contributed by atoms with van der Waals surface area (Å²) in [6, 6.07) is 5.09. The summed E-state index contributed by atoms with van der Waals surface area (Å²) in [6.45, 7) is 1.74. The number of nitrogen functional groups attached to an aromatic ring is 1. The molecule has 21 heavy (non-hydrogen) atoms. The quantitative estimate of drug-likeness (QED) is 0.619. The highest BCUT2D eigenvalue weighted by Crippen LogP contribution is 2.25. The third kappa shape index (κ3) is 5.77. The summed E-state index contributed by atoms with van der Waals surface area (Å²) in [6.07, 6.45) is 3.63. The molecule has 116 valence electrons. The van der Waals surface area contributed by atoms with Gasteiger partial charge in [-0.15, -0.1) is 0 Å². The number of benzene rings is 1. The summed E-state index contributed by atoms with van der Waals surface area (Å²) >= 11 is 7.97. The molecule has 1 fully saturated rings. The molecule has 1 aliphatic heterocycles. The van der Waals surface area contributed by atoms with E-state index in [1.807, 2.05) is 11.8 Å². The van der Waals surface area contributed by atoms with E-state index < -0.39 is 0 Å². The number of carbonyl (C=O) groups excluding carboxylic acids is 1. The molecule has 0 radical (unpaired) electrons. The lowest BCUT2D eigenvalue weighted by Gasteiger charge is -2.21. The van der Waals surface area contributed by atoms with Crippen molar-refractivity contribution in [2.75, 3.05) is 30.0 Å². The fourth-order valence-corrected chi connectivity index (χ4v) is 3.58. The zero-order chi connectivity index (χ0) is 15.1. The summed E-state index contributed by atoms with van der Waals surface area (Å²) < 4.78 is 5.33. The third-order valence-corrected chi connectivity index (χ3v) is 5.12. The Labute approximate surface area is 134 Å². The van der Waals surface area contributed by atoms with Crippen LogP contribution < -0.4 is 11.1 Å². The van der Waals surface area contributed by atoms with Crippen LogP contribution in [0.15, 0.2) is 18.2 Å². The van der Waals surface area contributed by atoms with Crippen LogP contribution in [0, 0.1) is 0 Å². The summed E-state index contributed by atoms with van der Waals surface area (Å²) in [5.41, 5.74) is 6.83. The van der Waals surface area contributed by atoms with Gasteiger partial charge in [-0.2, -0.15) is 11.8 Å². The lowest BCUT2D eigenvalue weighted by molar-refractivity contribution is -0.116. The molecule has 0 aliphatic carbocycles. The van der Waals surface area contributed by atoms with Crippen LogP contribution in [0.4, 0.5) is 11.4 Å². The van der Waals surface area contributed by atoms with Crippen LogP contribution >= 0.6 is 23.4 Å². The number of nitrogens with two attached hydrogens (primary N) is 1. The first kappa shape index (κ1) is 16.5. The van der Waals surface area contributed by atoms with Gasteiger partial charge >= 0.3 is 0 Å². The van der Waals surface area contributed by atoms with Crippen molar-refractivity contribution in [3.05, 3.63) is 23.2 Å². The smallest absolute Gasteiger partial charge is 0.224 e. The first-order valence-corrected chi connectivity index (χ1v) is 8.62. The molecule has 0 atom stereocenters. The van der Waals surface area contributed by atoms with Crippen molar-refractivity contribution in [3.63, 3.8) is 0 Å². The maximum absolute atomic E-state index is 11.9. The van der Waals surface area contributed by atoms with Gasteiger partial charge in [0.25, 0.3) is 0 Å². The number of anilines is 2. The van der Waals surface area contributed by atoms with Gasteiger partial charge in [0, 0.05) is 30.6 Å². The first-order valence-electron chi connectivity index (χ1n) is 7.19. The minimum absolute atomic E-state index is 0.00533. The van der Waals surface area contributed by atoms with Crippen LogP contribution in [0.25, 0.3) is 0 Å². The second-order valence-corrected chi connectivity index (χ2v) is 6.89. The van der Waals surface area contributed by atoms with Crippen LogP contribution in [0.1, 0.15) is 25.7 Å². The van der Waals surface area contributed by atoms with E-state index >= 15 is 0 Å². The zero-order valence-corrected chi connectivity index (χ0v) is 13.5. The van der Waals surface area contributed by atoms with Gasteiger partial charge in [0.1, 0.15) is 0 Å². The molecule has 1 aliphatic rings. The van der Waals surface area contributed by atoms with Crippen LogP contribution in [-0.2, 0) is 9.53 Å². The summed E-state index contributed by atoms with van der Waals surface area (Å²) in [5.74, 6) is 1.00. The Morgan fingerprint density at radius 2 is 2.19 bits per heavy atom. The number of ether oxygens (including phenoxy) is 1. The maximum atomic E-state index is 11.9. The standard InChI is InChI=1S/C15H21ClN2O2S/c16-13-10-11(17)3-4-14(13)18-15(19)2-1-9-21-12-5-7-20-8-6-12/h3-4,10,12H,1-2,5-9,17H2,(H,18,19). The second kappa shape index (κ2) is 8.51. The Morgan fingerprint density at radius 3 is 2.90 bits per heavy atom. The van der Waals surface area contributed by atoms with Crippen LogP contribution in [0.5, 0.6) is 0 Å². The molecule has 1 heterocycles. The number of thioether (sulfide) groups is 1. The van der Waals surface area contributed by atoms with Crippen LogP contribution in [0.3, 0.4) is 0 Å². The van der Waals surface area contributed by atoms with E-state index in [9.17, 15) is 4.79 Å². The fraction of sp³-hybridized carbons (Fsp3) is 0.533. The Kier molecular flexibility index (Phi) is 6.67. The van der Waals surface area contributed by atoms with Gasteiger partial charge in [0.05, 0.1) is 10.7 Å². The van der Waals surface area contributed by atoms with Crippen molar-refractivity contribution in [2.45, 2.75) is 30.9 Å². The van der Waals surface area contributed by atoms with Gasteiger partial charge in [0.2, 0.25) is 5.91 Å². The molecule has 0 spiro atoms. The Morgan fingerprint density at radius 1 is 1.43 bits per heavy atom. The summed E-state index contributed by atoms with van der Waals surface area (Å²) in [4.78, 5) is 11.9. The van der Waals surface area contributed by atoms with Gasteiger partial charge in [0.15, 0.2) is 0 Å². The number of hydrogen-bond acceptors (Lipinski definition) is 4. The SMILES string of the molecule is Nc1ccc(NC(=O)CCCSC2CCOCC2)c(Cl)c1. The Balaban J connectivity index is 1.65. The lowest BCUT2D eigenvalue weighted by Crippen LogP contribution is -2.18. The molecule has 4 nitrogen and oxygen atoms in total. The molecule has 1 saturated heterocycles. The summed E-state index contributed by atoms with van der Waals surface area (Å²) in [5, 5.41) is 3.98. The normalized spacial score (nSPS) is 15.9. The highest BCUT2D eigenvalue weighted by Gasteiger charge is 2.14. The monoisotopic (exact) mass is 328 g/mol. The van der Waals surface area contributed by atoms with Crippen molar-refractivity contribution in [1.29, 1.82) is 0 Å². The number of rotatable bonds is 6. The Bertz CT molecular complexity index is 479. The number of hydrogen-bond donors (Lipinski definition) is 2. The average Bonchev–Trinajstić information content (AvgIpc) is 2.48. The fourth-order valence-electron chi connectivity index (χ4n) is 2.17. The number of halogens is 1. The Hall–Kier alpha value is -0.910. The first-order chi connectivity index (χ1) is 10.1. The molecule has 2 rings (SSSR count). The van der Waals surface area contributed by atoms with Crippen molar-refractivity contribution in [1.82, 2.24) is 0 Å². The van der Waals surface area contributed by atoms with Crippen molar-refractivity contribution < 1.29 is 9.53 Å². The molecule has 0 saturated carbocycles. The van der Waals surface area contributed by atoms with E-state index in [0.717, 1.165) is 38.2 Å². The molecular formula is C15H21ClN2O2S. The predicted molar refractivity (Wildman–Crippen MR) is 90.0 cm³/mol. The third-order valence-electron chi connectivity index (χ3n) is 3.34. The minimum Gasteiger partial charge on any atom is -0.399 e. The van der Waals surface area contributed by atoms with E-state index in [2.05, 4.69) is 5.32 Å². The number of carbonyl (C=O) groups is 1. The second-order valence-electron chi connectivity index (χ2n) is 5.07. The van der Waals surface area contributed by atoms with E-state index in [-0.39, 0.29) is 5.91 Å². The molecule has 1 amide bonds. The van der Waals surface area contributed by atoms with Gasteiger partial charge in [-0.1, -0.05) is 11.6 Å². The van der Waals surface area contributed by atoms with Crippen molar-refractivity contribution in [2.24, 2.45) is 0 Å². The van der Waals surface area contributed by atoms with Crippen LogP contribution in [0.2, 0.25) is 5.02 Å². The molecule has 6 heteroatoms. The topological polar surface area (TPSA) is 64.3 Å². The highest BCUT2D eigenvalue weighted by molar-refractivity contribution is 7.99.